The summed E-state index contributed by atoms with van der Waals surface area (Å²) >= 11 is 0. The molecule has 0 saturated heterocycles. The maximum atomic E-state index is 11.6. The fourth-order valence-corrected chi connectivity index (χ4v) is 1.57. The second-order valence-electron chi connectivity index (χ2n) is 4.05. The van der Waals surface area contributed by atoms with Crippen LogP contribution >= 0.6 is 0 Å². The van der Waals surface area contributed by atoms with Gasteiger partial charge in [-0.15, -0.1) is 6.58 Å². The molecule has 2 atom stereocenters. The highest BCUT2D eigenvalue weighted by Gasteiger charge is 2.14. The molecule has 17 heavy (non-hydrogen) atoms. The lowest BCUT2D eigenvalue weighted by Crippen LogP contribution is -2.46. The molecule has 0 aliphatic rings. The van der Waals surface area contributed by atoms with Crippen LogP contribution in [0.1, 0.15) is 13.8 Å². The standard InChI is InChI=1S/C12H20N4O/c1-4-6-13-12(17)11(3)15-10(2)9-16-8-5-7-14-16/h4-5,7-8,10-11,15H,1,6,9H2,2-3H3,(H,13,17)/t10-,11+/m0/s1. The van der Waals surface area contributed by atoms with Crippen LogP contribution in [0.2, 0.25) is 0 Å². The van der Waals surface area contributed by atoms with E-state index < -0.39 is 0 Å². The van der Waals surface area contributed by atoms with Gasteiger partial charge >= 0.3 is 0 Å². The van der Waals surface area contributed by atoms with Crippen LogP contribution in [0, 0.1) is 0 Å². The quantitative estimate of drug-likeness (QED) is 0.680. The molecule has 0 saturated carbocycles. The predicted molar refractivity (Wildman–Crippen MR) is 67.5 cm³/mol. The molecule has 2 N–H and O–H groups in total. The molecule has 0 spiro atoms. The molecule has 0 aromatic carbocycles. The lowest BCUT2D eigenvalue weighted by atomic mass is 10.2. The smallest absolute Gasteiger partial charge is 0.237 e. The topological polar surface area (TPSA) is 59.0 Å². The molecule has 94 valence electrons. The SMILES string of the molecule is C=CCNC(=O)[C@@H](C)N[C@@H](C)Cn1cccn1. The number of rotatable bonds is 7. The van der Waals surface area contributed by atoms with Gasteiger partial charge in [-0.2, -0.15) is 5.10 Å². The van der Waals surface area contributed by atoms with Crippen molar-refractivity contribution in [1.29, 1.82) is 0 Å². The molecule has 0 unspecified atom stereocenters. The Hall–Kier alpha value is -1.62. The van der Waals surface area contributed by atoms with Gasteiger partial charge in [-0.3, -0.25) is 9.48 Å². The highest BCUT2D eigenvalue weighted by Crippen LogP contribution is 1.93. The number of aromatic nitrogens is 2. The minimum atomic E-state index is -0.222. The van der Waals surface area contributed by atoms with E-state index in [9.17, 15) is 4.79 Å². The van der Waals surface area contributed by atoms with Gasteiger partial charge in [-0.25, -0.2) is 0 Å². The van der Waals surface area contributed by atoms with Crippen molar-refractivity contribution < 1.29 is 4.79 Å². The summed E-state index contributed by atoms with van der Waals surface area (Å²) in [5.74, 6) is -0.0165. The van der Waals surface area contributed by atoms with E-state index in [0.29, 0.717) is 6.54 Å². The molecule has 0 aliphatic heterocycles. The Kier molecular flexibility index (Phi) is 5.42. The van der Waals surface area contributed by atoms with Crippen LogP contribution in [0.25, 0.3) is 0 Å². The van der Waals surface area contributed by atoms with Gasteiger partial charge in [0.15, 0.2) is 0 Å². The lowest BCUT2D eigenvalue weighted by Gasteiger charge is -2.19. The van der Waals surface area contributed by atoms with E-state index in [1.807, 2.05) is 30.8 Å². The fraction of sp³-hybridized carbons (Fsp3) is 0.500. The molecule has 1 rings (SSSR count). The number of hydrogen-bond donors (Lipinski definition) is 2. The zero-order valence-corrected chi connectivity index (χ0v) is 10.4. The van der Waals surface area contributed by atoms with E-state index in [4.69, 9.17) is 0 Å². The van der Waals surface area contributed by atoms with Gasteiger partial charge in [0.05, 0.1) is 12.6 Å². The number of amides is 1. The van der Waals surface area contributed by atoms with Gasteiger partial charge in [0.1, 0.15) is 0 Å². The van der Waals surface area contributed by atoms with Gasteiger partial charge in [0.2, 0.25) is 5.91 Å². The van der Waals surface area contributed by atoms with E-state index in [0.717, 1.165) is 6.54 Å². The van der Waals surface area contributed by atoms with Crippen molar-refractivity contribution in [2.75, 3.05) is 6.54 Å². The first-order chi connectivity index (χ1) is 8.13. The molecule has 1 aromatic rings. The van der Waals surface area contributed by atoms with Gasteiger partial charge in [-0.1, -0.05) is 6.08 Å². The summed E-state index contributed by atoms with van der Waals surface area (Å²) in [6, 6.07) is 1.84. The third-order valence-corrected chi connectivity index (χ3v) is 2.37. The van der Waals surface area contributed by atoms with Crippen LogP contribution in [-0.4, -0.2) is 34.3 Å². The average Bonchev–Trinajstić information content (AvgIpc) is 2.78. The number of carbonyl (C=O) groups is 1. The lowest BCUT2D eigenvalue weighted by molar-refractivity contribution is -0.122. The van der Waals surface area contributed by atoms with Crippen LogP contribution in [0.4, 0.5) is 0 Å². The Balaban J connectivity index is 2.32. The van der Waals surface area contributed by atoms with Gasteiger partial charge in [0, 0.05) is 25.0 Å². The highest BCUT2D eigenvalue weighted by molar-refractivity contribution is 5.81. The Labute approximate surface area is 102 Å². The van der Waals surface area contributed by atoms with Gasteiger partial charge < -0.3 is 10.6 Å². The molecular weight excluding hydrogens is 216 g/mol. The van der Waals surface area contributed by atoms with E-state index in [1.165, 1.54) is 0 Å². The summed E-state index contributed by atoms with van der Waals surface area (Å²) < 4.78 is 1.84. The fourth-order valence-electron chi connectivity index (χ4n) is 1.57. The molecule has 0 fully saturated rings. The van der Waals surface area contributed by atoms with Crippen LogP contribution in [-0.2, 0) is 11.3 Å². The molecule has 5 nitrogen and oxygen atoms in total. The largest absolute Gasteiger partial charge is 0.351 e. The number of carbonyl (C=O) groups excluding carboxylic acids is 1. The highest BCUT2D eigenvalue weighted by atomic mass is 16.2. The zero-order valence-electron chi connectivity index (χ0n) is 10.4. The number of nitrogens with zero attached hydrogens (tertiary/aromatic N) is 2. The normalized spacial score (nSPS) is 14.0. The first-order valence-corrected chi connectivity index (χ1v) is 5.75. The van der Waals surface area contributed by atoms with Gasteiger partial charge in [0.25, 0.3) is 0 Å². The Morgan fingerprint density at radius 3 is 2.94 bits per heavy atom. The summed E-state index contributed by atoms with van der Waals surface area (Å²) in [7, 11) is 0. The summed E-state index contributed by atoms with van der Waals surface area (Å²) in [5.41, 5.74) is 0. The number of hydrogen-bond acceptors (Lipinski definition) is 3. The van der Waals surface area contributed by atoms with Crippen molar-refractivity contribution >= 4 is 5.91 Å². The Bertz CT molecular complexity index is 347. The van der Waals surface area contributed by atoms with Gasteiger partial charge in [-0.05, 0) is 19.9 Å². The van der Waals surface area contributed by atoms with E-state index in [2.05, 4.69) is 22.3 Å². The molecule has 1 aromatic heterocycles. The van der Waals surface area contributed by atoms with Crippen molar-refractivity contribution in [3.05, 3.63) is 31.1 Å². The monoisotopic (exact) mass is 236 g/mol. The maximum Gasteiger partial charge on any atom is 0.237 e. The third kappa shape index (κ3) is 4.82. The second kappa shape index (κ2) is 6.85. The molecule has 0 radical (unpaired) electrons. The van der Waals surface area contributed by atoms with E-state index >= 15 is 0 Å². The summed E-state index contributed by atoms with van der Waals surface area (Å²) in [6.45, 7) is 8.67. The average molecular weight is 236 g/mol. The minimum absolute atomic E-state index is 0.0165. The predicted octanol–water partition coefficient (Wildman–Crippen LogP) is 0.552. The summed E-state index contributed by atoms with van der Waals surface area (Å²) in [5, 5.41) is 10.1. The summed E-state index contributed by atoms with van der Waals surface area (Å²) in [4.78, 5) is 11.6. The van der Waals surface area contributed by atoms with Crippen LogP contribution in [0.5, 0.6) is 0 Å². The molecule has 0 bridgehead atoms. The van der Waals surface area contributed by atoms with Crippen molar-refractivity contribution in [3.8, 4) is 0 Å². The minimum Gasteiger partial charge on any atom is -0.351 e. The van der Waals surface area contributed by atoms with Crippen molar-refractivity contribution in [2.45, 2.75) is 32.5 Å². The number of nitrogens with one attached hydrogen (secondary N) is 2. The van der Waals surface area contributed by atoms with E-state index in [-0.39, 0.29) is 18.0 Å². The summed E-state index contributed by atoms with van der Waals surface area (Å²) in [6.07, 6.45) is 5.31. The van der Waals surface area contributed by atoms with Crippen LogP contribution < -0.4 is 10.6 Å². The van der Waals surface area contributed by atoms with Crippen molar-refractivity contribution in [2.24, 2.45) is 0 Å². The maximum absolute atomic E-state index is 11.6. The first kappa shape index (κ1) is 13.4. The Morgan fingerprint density at radius 1 is 1.59 bits per heavy atom. The molecule has 1 heterocycles. The van der Waals surface area contributed by atoms with Crippen molar-refractivity contribution in [1.82, 2.24) is 20.4 Å². The third-order valence-electron chi connectivity index (χ3n) is 2.37. The second-order valence-corrected chi connectivity index (χ2v) is 4.05. The van der Waals surface area contributed by atoms with Crippen LogP contribution in [0.15, 0.2) is 31.1 Å². The van der Waals surface area contributed by atoms with E-state index in [1.54, 1.807) is 12.3 Å². The Morgan fingerprint density at radius 2 is 2.35 bits per heavy atom. The molecule has 5 heteroatoms. The van der Waals surface area contributed by atoms with Crippen molar-refractivity contribution in [3.63, 3.8) is 0 Å². The molecule has 0 aliphatic carbocycles. The molecule has 1 amide bonds. The zero-order chi connectivity index (χ0) is 12.7. The first-order valence-electron chi connectivity index (χ1n) is 5.75. The van der Waals surface area contributed by atoms with Crippen LogP contribution in [0.3, 0.4) is 0 Å². The molecular formula is C12H20N4O.